The van der Waals surface area contributed by atoms with E-state index in [9.17, 15) is 10.2 Å². The van der Waals surface area contributed by atoms with Crippen LogP contribution in [0.2, 0.25) is 5.28 Å². The lowest BCUT2D eigenvalue weighted by Crippen LogP contribution is -2.30. The number of aliphatic hydroxyl groups is 2. The maximum atomic E-state index is 10.9. The van der Waals surface area contributed by atoms with E-state index < -0.39 is 24.3 Å². The van der Waals surface area contributed by atoms with Crippen LogP contribution in [0.1, 0.15) is 35.5 Å². The molecule has 11 heteroatoms. The van der Waals surface area contributed by atoms with Crippen molar-refractivity contribution in [3.8, 4) is 0 Å². The number of imidazole rings is 1. The van der Waals surface area contributed by atoms with Gasteiger partial charge in [-0.05, 0) is 29.1 Å². The van der Waals surface area contributed by atoms with Gasteiger partial charge in [0.05, 0.1) is 24.6 Å². The molecule has 0 unspecified atom stereocenters. The maximum Gasteiger partial charge on any atom is 0.226 e. The van der Waals surface area contributed by atoms with E-state index >= 15 is 0 Å². The summed E-state index contributed by atoms with van der Waals surface area (Å²) in [5.74, 6) is 0.579. The van der Waals surface area contributed by atoms with E-state index in [1.165, 1.54) is 11.1 Å². The monoisotopic (exact) mass is 516 g/mol. The number of fused-ring (bicyclic) bond motifs is 1. The molecule has 0 radical (unpaired) electrons. The molecule has 3 N–H and O–H groups in total. The van der Waals surface area contributed by atoms with Gasteiger partial charge in [0, 0.05) is 18.7 Å². The zero-order valence-electron chi connectivity index (χ0n) is 19.7. The van der Waals surface area contributed by atoms with Gasteiger partial charge >= 0.3 is 0 Å². The number of aliphatic hydroxyl groups excluding tert-OH is 2. The number of aromatic nitrogens is 7. The fourth-order valence-corrected chi connectivity index (χ4v) is 5.34. The Morgan fingerprint density at radius 3 is 2.27 bits per heavy atom. The van der Waals surface area contributed by atoms with Crippen molar-refractivity contribution in [1.82, 2.24) is 34.5 Å². The van der Waals surface area contributed by atoms with Gasteiger partial charge in [-0.25, -0.2) is 9.67 Å². The largest absolute Gasteiger partial charge is 0.388 e. The Bertz CT molecular complexity index is 1440. The van der Waals surface area contributed by atoms with E-state index in [0.717, 1.165) is 0 Å². The fraction of sp³-hybridized carbons (Fsp3) is 0.269. The standard InChI is InChI=1S/C26H25ClN8O2/c27-26-31-24(28-14-18(16-7-3-1-4-8-16)17-9-5-2-6-10-17)21-25(32-26)34(15-29-21)19-13-20(23(37)22(19)36)35-12-11-30-33-35/h1-12,15,18-20,22-23,36-37H,13-14H2,(H,28,31,32)/t19-,20+,22+,23-/m1/s1. The fourth-order valence-electron chi connectivity index (χ4n) is 5.17. The smallest absolute Gasteiger partial charge is 0.226 e. The summed E-state index contributed by atoms with van der Waals surface area (Å²) in [6, 6.07) is 19.6. The first-order chi connectivity index (χ1) is 18.1. The summed E-state index contributed by atoms with van der Waals surface area (Å²) in [5, 5.41) is 32.9. The van der Waals surface area contributed by atoms with Gasteiger partial charge in [-0.3, -0.25) is 0 Å². The second kappa shape index (κ2) is 9.89. The number of nitrogens with zero attached hydrogens (tertiary/aromatic N) is 7. The number of hydrogen-bond donors (Lipinski definition) is 3. The van der Waals surface area contributed by atoms with E-state index in [1.807, 2.05) is 36.4 Å². The second-order valence-corrected chi connectivity index (χ2v) is 9.49. The Kier molecular flexibility index (Phi) is 6.29. The minimum Gasteiger partial charge on any atom is -0.388 e. The first kappa shape index (κ1) is 23.5. The minimum atomic E-state index is -1.04. The molecule has 0 spiro atoms. The van der Waals surface area contributed by atoms with Gasteiger partial charge in [0.25, 0.3) is 0 Å². The summed E-state index contributed by atoms with van der Waals surface area (Å²) in [6.45, 7) is 0.558. The average Bonchev–Trinajstić information content (AvgIpc) is 3.66. The Labute approximate surface area is 217 Å². The molecule has 3 aromatic heterocycles. The molecular formula is C26H25ClN8O2. The van der Waals surface area contributed by atoms with Gasteiger partial charge in [0.15, 0.2) is 17.0 Å². The van der Waals surface area contributed by atoms with Crippen LogP contribution < -0.4 is 5.32 Å². The third-order valence-electron chi connectivity index (χ3n) is 7.03. The zero-order valence-corrected chi connectivity index (χ0v) is 20.5. The first-order valence-corrected chi connectivity index (χ1v) is 12.4. The summed E-state index contributed by atoms with van der Waals surface area (Å²) in [4.78, 5) is 13.4. The van der Waals surface area contributed by atoms with Crippen LogP contribution in [0.15, 0.2) is 79.4 Å². The summed E-state index contributed by atoms with van der Waals surface area (Å²) in [7, 11) is 0. The van der Waals surface area contributed by atoms with Crippen molar-refractivity contribution in [3.63, 3.8) is 0 Å². The molecule has 5 aromatic rings. The van der Waals surface area contributed by atoms with E-state index in [0.29, 0.717) is 29.9 Å². The van der Waals surface area contributed by atoms with Crippen molar-refractivity contribution in [3.05, 3.63) is 95.8 Å². The van der Waals surface area contributed by atoms with E-state index in [2.05, 4.69) is 54.8 Å². The molecule has 1 saturated carbocycles. The number of benzene rings is 2. The molecule has 0 aliphatic heterocycles. The number of hydrogen-bond acceptors (Lipinski definition) is 8. The number of nitrogens with one attached hydrogen (secondary N) is 1. The van der Waals surface area contributed by atoms with Crippen molar-refractivity contribution < 1.29 is 10.2 Å². The number of rotatable bonds is 7. The summed E-state index contributed by atoms with van der Waals surface area (Å²) in [5.41, 5.74) is 3.36. The number of halogens is 1. The molecule has 6 rings (SSSR count). The van der Waals surface area contributed by atoms with Gasteiger partial charge < -0.3 is 20.1 Å². The maximum absolute atomic E-state index is 10.9. The van der Waals surface area contributed by atoms with Crippen LogP contribution in [0.25, 0.3) is 11.2 Å². The van der Waals surface area contributed by atoms with Crippen LogP contribution in [0.4, 0.5) is 5.82 Å². The highest BCUT2D eigenvalue weighted by atomic mass is 35.5. The van der Waals surface area contributed by atoms with Gasteiger partial charge in [0.1, 0.15) is 12.2 Å². The summed E-state index contributed by atoms with van der Waals surface area (Å²) >= 11 is 6.35. The topological polar surface area (TPSA) is 127 Å². The normalized spacial score (nSPS) is 21.6. The molecule has 1 fully saturated rings. The van der Waals surface area contributed by atoms with Crippen molar-refractivity contribution in [1.29, 1.82) is 0 Å². The van der Waals surface area contributed by atoms with Gasteiger partial charge in [-0.15, -0.1) is 5.10 Å². The van der Waals surface area contributed by atoms with E-state index in [4.69, 9.17) is 11.6 Å². The van der Waals surface area contributed by atoms with Crippen molar-refractivity contribution in [2.24, 2.45) is 0 Å². The Morgan fingerprint density at radius 2 is 1.62 bits per heavy atom. The quantitative estimate of drug-likeness (QED) is 0.281. The van der Waals surface area contributed by atoms with E-state index in [-0.39, 0.29) is 11.2 Å². The van der Waals surface area contributed by atoms with Crippen molar-refractivity contribution in [2.75, 3.05) is 11.9 Å². The van der Waals surface area contributed by atoms with Crippen LogP contribution in [-0.4, -0.2) is 63.5 Å². The van der Waals surface area contributed by atoms with Crippen molar-refractivity contribution in [2.45, 2.75) is 36.6 Å². The highest BCUT2D eigenvalue weighted by molar-refractivity contribution is 6.28. The summed E-state index contributed by atoms with van der Waals surface area (Å²) < 4.78 is 3.32. The summed E-state index contributed by atoms with van der Waals surface area (Å²) in [6.07, 6.45) is 3.19. The first-order valence-electron chi connectivity index (χ1n) is 12.1. The van der Waals surface area contributed by atoms with Crippen LogP contribution in [0.3, 0.4) is 0 Å². The van der Waals surface area contributed by atoms with E-state index in [1.54, 1.807) is 28.0 Å². The molecule has 188 valence electrons. The molecule has 37 heavy (non-hydrogen) atoms. The lowest BCUT2D eigenvalue weighted by molar-refractivity contribution is 0.00696. The van der Waals surface area contributed by atoms with Crippen LogP contribution in [0.5, 0.6) is 0 Å². The lowest BCUT2D eigenvalue weighted by Gasteiger charge is -2.20. The third kappa shape index (κ3) is 4.43. The van der Waals surface area contributed by atoms with Crippen molar-refractivity contribution >= 4 is 28.6 Å². The Morgan fingerprint density at radius 1 is 0.946 bits per heavy atom. The van der Waals surface area contributed by atoms with Gasteiger partial charge in [0.2, 0.25) is 5.28 Å². The average molecular weight is 517 g/mol. The molecule has 2 aromatic carbocycles. The SMILES string of the molecule is O[C@@H]1[C@H](O)[C@@H](n2ccnn2)C[C@H]1n1cnc2c(NCC(c3ccccc3)c3ccccc3)nc(Cl)nc21. The highest BCUT2D eigenvalue weighted by Gasteiger charge is 2.44. The molecule has 0 saturated heterocycles. The predicted octanol–water partition coefficient (Wildman–Crippen LogP) is 3.22. The molecule has 3 heterocycles. The Hall–Kier alpha value is -3.86. The third-order valence-corrected chi connectivity index (χ3v) is 7.20. The second-order valence-electron chi connectivity index (χ2n) is 9.15. The number of anilines is 1. The Balaban J connectivity index is 1.31. The minimum absolute atomic E-state index is 0.0635. The highest BCUT2D eigenvalue weighted by Crippen LogP contribution is 2.39. The molecule has 4 atom stereocenters. The van der Waals surface area contributed by atoms with Crippen LogP contribution in [-0.2, 0) is 0 Å². The molecule has 10 nitrogen and oxygen atoms in total. The molecule has 0 amide bonds. The molecular weight excluding hydrogens is 492 g/mol. The van der Waals surface area contributed by atoms with Crippen LogP contribution >= 0.6 is 11.6 Å². The van der Waals surface area contributed by atoms with Gasteiger partial charge in [-0.2, -0.15) is 9.97 Å². The van der Waals surface area contributed by atoms with Crippen LogP contribution in [0, 0.1) is 0 Å². The molecule has 1 aliphatic carbocycles. The zero-order chi connectivity index (χ0) is 25.4. The van der Waals surface area contributed by atoms with Gasteiger partial charge in [-0.1, -0.05) is 65.9 Å². The molecule has 1 aliphatic rings. The predicted molar refractivity (Wildman–Crippen MR) is 138 cm³/mol. The molecule has 0 bridgehead atoms. The lowest BCUT2D eigenvalue weighted by atomic mass is 9.91.